The predicted octanol–water partition coefficient (Wildman–Crippen LogP) is 0.209. The highest BCUT2D eigenvalue weighted by atomic mass is 16.6. The highest BCUT2D eigenvalue weighted by molar-refractivity contribution is 5.97. The molecule has 22 heteroatoms. The molecule has 2 fully saturated rings. The fraction of sp³-hybridized carbons (Fsp3) is 0.487. The molecule has 326 valence electrons. The molecule has 0 spiro atoms. The van der Waals surface area contributed by atoms with Crippen LogP contribution in [-0.2, 0) is 35.3 Å². The maximum atomic E-state index is 13.5. The number of benzene rings is 1. The lowest BCUT2D eigenvalue weighted by Gasteiger charge is -2.41. The Bertz CT molecular complexity index is 2140. The summed E-state index contributed by atoms with van der Waals surface area (Å²) >= 11 is 0. The van der Waals surface area contributed by atoms with Crippen LogP contribution in [0.25, 0.3) is 11.0 Å². The SMILES string of the molecule is CN(CCN(C)C(=O)n1ccc2c(N(C)CCC3CCN3C(=O)CC#N)ncnc21)C(=O)OCc1ccc(NC(=O)CNC(=O)C2CCCN2C(=O)C(CC(N)=O)NO)cc1. The molecule has 4 heterocycles. The Labute approximate surface area is 351 Å². The summed E-state index contributed by atoms with van der Waals surface area (Å²) in [6.45, 7) is 1.42. The molecule has 0 aliphatic carbocycles. The Hall–Kier alpha value is -6.86. The van der Waals surface area contributed by atoms with Crippen LogP contribution >= 0.6 is 0 Å². The normalized spacial score (nSPS) is 16.2. The van der Waals surface area contributed by atoms with Crippen molar-refractivity contribution in [2.24, 2.45) is 5.73 Å². The van der Waals surface area contributed by atoms with E-state index in [0.29, 0.717) is 60.5 Å². The van der Waals surface area contributed by atoms with Crippen LogP contribution in [0.4, 0.5) is 21.1 Å². The lowest BCUT2D eigenvalue weighted by atomic mass is 9.99. The first-order valence-corrected chi connectivity index (χ1v) is 19.7. The van der Waals surface area contributed by atoms with E-state index >= 15 is 0 Å². The van der Waals surface area contributed by atoms with E-state index in [9.17, 15) is 38.8 Å². The van der Waals surface area contributed by atoms with Crippen molar-refractivity contribution in [1.29, 1.82) is 5.26 Å². The Morgan fingerprint density at radius 2 is 1.72 bits per heavy atom. The van der Waals surface area contributed by atoms with Crippen molar-refractivity contribution in [1.82, 2.24) is 44.9 Å². The van der Waals surface area contributed by atoms with Gasteiger partial charge >= 0.3 is 12.1 Å². The number of aromatic nitrogens is 3. The molecule has 3 aromatic rings. The first-order chi connectivity index (χ1) is 29.2. The molecule has 2 aliphatic rings. The van der Waals surface area contributed by atoms with Crippen molar-refractivity contribution < 1.29 is 43.5 Å². The van der Waals surface area contributed by atoms with Gasteiger partial charge in [0.2, 0.25) is 29.5 Å². The van der Waals surface area contributed by atoms with E-state index in [-0.39, 0.29) is 57.2 Å². The van der Waals surface area contributed by atoms with Gasteiger partial charge < -0.3 is 50.8 Å². The number of amides is 7. The number of likely N-dealkylation sites (N-methyl/N-ethyl adjacent to an activating group) is 2. The summed E-state index contributed by atoms with van der Waals surface area (Å²) in [5, 5.41) is 24.0. The molecule has 7 amide bonds. The summed E-state index contributed by atoms with van der Waals surface area (Å²) in [5.41, 5.74) is 8.39. The van der Waals surface area contributed by atoms with Gasteiger partial charge in [-0.3, -0.25) is 28.5 Å². The number of hydrogen-bond donors (Lipinski definition) is 5. The third-order valence-corrected chi connectivity index (χ3v) is 10.7. The molecule has 6 N–H and O–H groups in total. The second-order valence-electron chi connectivity index (χ2n) is 14.9. The number of nitrogens with two attached hydrogens (primary N) is 1. The van der Waals surface area contributed by atoms with Crippen LogP contribution < -0.4 is 26.7 Å². The van der Waals surface area contributed by atoms with Crippen molar-refractivity contribution in [3.8, 4) is 6.07 Å². The van der Waals surface area contributed by atoms with Crippen LogP contribution in [0.5, 0.6) is 0 Å². The second-order valence-corrected chi connectivity index (χ2v) is 14.9. The largest absolute Gasteiger partial charge is 0.445 e. The zero-order valence-corrected chi connectivity index (χ0v) is 34.3. The van der Waals surface area contributed by atoms with Gasteiger partial charge in [0.1, 0.15) is 37.3 Å². The third-order valence-electron chi connectivity index (χ3n) is 10.7. The first-order valence-electron chi connectivity index (χ1n) is 19.7. The van der Waals surface area contributed by atoms with Crippen LogP contribution in [0.15, 0.2) is 42.9 Å². The lowest BCUT2D eigenvalue weighted by molar-refractivity contribution is -0.143. The van der Waals surface area contributed by atoms with Gasteiger partial charge in [-0.05, 0) is 49.4 Å². The number of nitrogens with one attached hydrogen (secondary N) is 3. The van der Waals surface area contributed by atoms with Gasteiger partial charge in [-0.2, -0.15) is 10.7 Å². The second kappa shape index (κ2) is 20.9. The Morgan fingerprint density at radius 3 is 2.39 bits per heavy atom. The average Bonchev–Trinajstić information content (AvgIpc) is 3.91. The van der Waals surface area contributed by atoms with E-state index in [2.05, 4.69) is 20.6 Å². The smallest absolute Gasteiger partial charge is 0.409 e. The van der Waals surface area contributed by atoms with Crippen LogP contribution in [0.3, 0.4) is 0 Å². The molecule has 61 heavy (non-hydrogen) atoms. The molecule has 22 nitrogen and oxygen atoms in total. The minimum absolute atomic E-state index is 0.0605. The van der Waals surface area contributed by atoms with Crippen LogP contribution in [-0.4, -0.2) is 160 Å². The number of ether oxygens (including phenoxy) is 1. The van der Waals surface area contributed by atoms with Gasteiger partial charge in [-0.25, -0.2) is 19.6 Å². The van der Waals surface area contributed by atoms with Crippen molar-refractivity contribution in [3.05, 3.63) is 48.4 Å². The van der Waals surface area contributed by atoms with E-state index < -0.39 is 48.2 Å². The fourth-order valence-electron chi connectivity index (χ4n) is 7.08. The minimum atomic E-state index is -1.29. The van der Waals surface area contributed by atoms with E-state index in [4.69, 9.17) is 15.7 Å². The van der Waals surface area contributed by atoms with Gasteiger partial charge in [-0.1, -0.05) is 12.1 Å². The maximum Gasteiger partial charge on any atom is 0.409 e. The lowest BCUT2D eigenvalue weighted by Crippen LogP contribution is -2.53. The number of rotatable bonds is 18. The molecule has 1 aromatic carbocycles. The molecular formula is C39H51N13O9. The number of anilines is 2. The highest BCUT2D eigenvalue weighted by Gasteiger charge is 2.38. The predicted molar refractivity (Wildman–Crippen MR) is 217 cm³/mol. The van der Waals surface area contributed by atoms with E-state index in [1.54, 1.807) is 61.0 Å². The van der Waals surface area contributed by atoms with Crippen molar-refractivity contribution in [2.45, 2.75) is 63.3 Å². The highest BCUT2D eigenvalue weighted by Crippen LogP contribution is 2.26. The summed E-state index contributed by atoms with van der Waals surface area (Å²) < 4.78 is 6.86. The number of nitrogens with zero attached hydrogens (tertiary/aromatic N) is 9. The molecule has 0 radical (unpaired) electrons. The summed E-state index contributed by atoms with van der Waals surface area (Å²) in [6.07, 6.45) is 4.27. The number of likely N-dealkylation sites (tertiary alicyclic amines) is 2. The molecular weight excluding hydrogens is 795 g/mol. The van der Waals surface area contributed by atoms with E-state index in [0.717, 1.165) is 6.42 Å². The third kappa shape index (κ3) is 11.5. The number of carbonyl (C=O) groups excluding carboxylic acids is 7. The minimum Gasteiger partial charge on any atom is -0.445 e. The van der Waals surface area contributed by atoms with E-state index in [1.807, 2.05) is 18.0 Å². The standard InChI is InChI=1S/C39H51N13O9/c1-47(16-11-27-12-17-50(27)33(55)10-14-40)34-28-13-18-52(35(28)44-24-43-34)38(58)48(2)19-20-49(3)39(59)61-23-25-6-8-26(9-7-25)45-32(54)22-42-36(56)30-5-4-15-51(30)37(57)29(46-60)21-31(41)53/h6-9,13,18,24,27,29-30,46,60H,4-5,10-12,15-17,19-23H2,1-3H3,(H2,41,53)(H,42,56)(H,45,54). The van der Waals surface area contributed by atoms with Gasteiger partial charge in [-0.15, -0.1) is 0 Å². The summed E-state index contributed by atoms with van der Waals surface area (Å²) in [5.74, 6) is -2.06. The summed E-state index contributed by atoms with van der Waals surface area (Å²) in [7, 11) is 5.05. The molecule has 2 saturated heterocycles. The monoisotopic (exact) mass is 845 g/mol. The number of nitriles is 1. The number of fused-ring (bicyclic) bond motifs is 1. The number of carbonyl (C=O) groups is 7. The summed E-state index contributed by atoms with van der Waals surface area (Å²) in [6, 6.07) is 7.75. The fourth-order valence-corrected chi connectivity index (χ4v) is 7.08. The first kappa shape index (κ1) is 45.2. The quantitative estimate of drug-likeness (QED) is 0.107. The number of hydrogen-bond acceptors (Lipinski definition) is 14. The number of primary amides is 1. The average molecular weight is 846 g/mol. The van der Waals surface area contributed by atoms with Crippen molar-refractivity contribution >= 4 is 64.2 Å². The van der Waals surface area contributed by atoms with Gasteiger partial charge in [0, 0.05) is 71.8 Å². The van der Waals surface area contributed by atoms with Gasteiger partial charge in [0.05, 0.1) is 24.4 Å². The summed E-state index contributed by atoms with van der Waals surface area (Å²) in [4.78, 5) is 104. The molecule has 0 saturated carbocycles. The molecule has 2 aromatic heterocycles. The Morgan fingerprint density at radius 1 is 0.984 bits per heavy atom. The van der Waals surface area contributed by atoms with E-state index in [1.165, 1.54) is 25.6 Å². The molecule has 0 bridgehead atoms. The topological polar surface area (TPSA) is 282 Å². The Balaban J connectivity index is 1.03. The van der Waals surface area contributed by atoms with Gasteiger partial charge in [0.25, 0.3) is 0 Å². The molecule has 3 unspecified atom stereocenters. The van der Waals surface area contributed by atoms with Crippen LogP contribution in [0.1, 0.15) is 44.1 Å². The molecule has 3 atom stereocenters. The maximum absolute atomic E-state index is 13.5. The van der Waals surface area contributed by atoms with Crippen LogP contribution in [0.2, 0.25) is 0 Å². The van der Waals surface area contributed by atoms with Gasteiger partial charge in [0.15, 0.2) is 5.65 Å². The zero-order chi connectivity index (χ0) is 44.2. The van der Waals surface area contributed by atoms with Crippen molar-refractivity contribution in [3.63, 3.8) is 0 Å². The molecule has 2 aliphatic heterocycles. The molecule has 5 rings (SSSR count). The Kier molecular flexibility index (Phi) is 15.5. The van der Waals surface area contributed by atoms with Crippen molar-refractivity contribution in [2.75, 3.05) is 70.6 Å². The van der Waals surface area contributed by atoms with Crippen LogP contribution in [0, 0.1) is 11.3 Å². The zero-order valence-electron chi connectivity index (χ0n) is 34.3. The number of hydroxylamine groups is 1.